The van der Waals surface area contributed by atoms with Crippen LogP contribution in [0.5, 0.6) is 5.75 Å². The monoisotopic (exact) mass is 387 g/mol. The van der Waals surface area contributed by atoms with Crippen LogP contribution in [0.2, 0.25) is 0 Å². The molecule has 1 atom stereocenters. The van der Waals surface area contributed by atoms with E-state index in [1.165, 1.54) is 6.07 Å². The van der Waals surface area contributed by atoms with Gasteiger partial charge in [0.1, 0.15) is 18.2 Å². The van der Waals surface area contributed by atoms with Crippen LogP contribution >= 0.6 is 0 Å². The van der Waals surface area contributed by atoms with Gasteiger partial charge in [0.15, 0.2) is 0 Å². The van der Waals surface area contributed by atoms with Gasteiger partial charge in [-0.3, -0.25) is 4.79 Å². The molecule has 0 amide bonds. The summed E-state index contributed by atoms with van der Waals surface area (Å²) < 4.78 is 5.95. The molecule has 0 aliphatic rings. The third kappa shape index (κ3) is 4.44. The second-order valence-electron chi connectivity index (χ2n) is 6.65. The Bertz CT molecular complexity index is 1140. The summed E-state index contributed by atoms with van der Waals surface area (Å²) in [6, 6.07) is 22.1. The highest BCUT2D eigenvalue weighted by Crippen LogP contribution is 2.30. The van der Waals surface area contributed by atoms with Crippen LogP contribution in [0.15, 0.2) is 83.8 Å². The second kappa shape index (κ2) is 8.58. The van der Waals surface area contributed by atoms with Gasteiger partial charge >= 0.3 is 0 Å². The SMILES string of the molecule is O=c1ccc2c([C@H](O)CNc3ccccn3)ccc(OCc3ccccc3)c2[nH]1. The molecule has 0 saturated carbocycles. The number of benzene rings is 2. The Morgan fingerprint density at radius 1 is 1.00 bits per heavy atom. The number of hydrogen-bond acceptors (Lipinski definition) is 5. The number of pyridine rings is 2. The summed E-state index contributed by atoms with van der Waals surface area (Å²) in [5.41, 5.74) is 2.08. The Balaban J connectivity index is 1.59. The minimum Gasteiger partial charge on any atom is -0.487 e. The molecular weight excluding hydrogens is 366 g/mol. The van der Waals surface area contributed by atoms with E-state index in [0.717, 1.165) is 10.9 Å². The first-order valence-corrected chi connectivity index (χ1v) is 9.36. The quantitative estimate of drug-likeness (QED) is 0.451. The fourth-order valence-electron chi connectivity index (χ4n) is 3.17. The minimum absolute atomic E-state index is 0.222. The Kier molecular flexibility index (Phi) is 5.54. The molecule has 6 heteroatoms. The van der Waals surface area contributed by atoms with Crippen molar-refractivity contribution in [3.8, 4) is 5.75 Å². The maximum absolute atomic E-state index is 11.9. The van der Waals surface area contributed by atoms with Gasteiger partial charge in [-0.25, -0.2) is 4.98 Å². The van der Waals surface area contributed by atoms with Gasteiger partial charge in [-0.05, 0) is 35.4 Å². The van der Waals surface area contributed by atoms with Gasteiger partial charge in [0.2, 0.25) is 5.56 Å². The average molecular weight is 387 g/mol. The lowest BCUT2D eigenvalue weighted by molar-refractivity contribution is 0.193. The number of hydrogen-bond donors (Lipinski definition) is 3. The van der Waals surface area contributed by atoms with Gasteiger partial charge in [0, 0.05) is 24.2 Å². The van der Waals surface area contributed by atoms with E-state index in [4.69, 9.17) is 4.74 Å². The lowest BCUT2D eigenvalue weighted by Gasteiger charge is -2.17. The number of aliphatic hydroxyl groups excluding tert-OH is 1. The van der Waals surface area contributed by atoms with Crippen LogP contribution in [-0.2, 0) is 6.61 Å². The lowest BCUT2D eigenvalue weighted by atomic mass is 10.0. The van der Waals surface area contributed by atoms with Crippen LogP contribution < -0.4 is 15.6 Å². The van der Waals surface area contributed by atoms with Crippen molar-refractivity contribution in [2.75, 3.05) is 11.9 Å². The summed E-state index contributed by atoms with van der Waals surface area (Å²) in [6.07, 6.45) is 0.904. The molecule has 0 spiro atoms. The molecule has 3 N–H and O–H groups in total. The average Bonchev–Trinajstić information content (AvgIpc) is 2.77. The number of nitrogens with zero attached hydrogens (tertiary/aromatic N) is 1. The fraction of sp³-hybridized carbons (Fsp3) is 0.130. The molecule has 146 valence electrons. The topological polar surface area (TPSA) is 87.2 Å². The molecule has 0 saturated heterocycles. The number of aliphatic hydroxyl groups is 1. The first-order chi connectivity index (χ1) is 14.2. The summed E-state index contributed by atoms with van der Waals surface area (Å²) in [5.74, 6) is 1.25. The highest BCUT2D eigenvalue weighted by atomic mass is 16.5. The fourth-order valence-corrected chi connectivity index (χ4v) is 3.17. The number of anilines is 1. The molecule has 2 heterocycles. The van der Waals surface area contributed by atoms with Gasteiger partial charge in [-0.1, -0.05) is 42.5 Å². The van der Waals surface area contributed by atoms with Gasteiger partial charge in [0.05, 0.1) is 11.6 Å². The van der Waals surface area contributed by atoms with E-state index in [2.05, 4.69) is 15.3 Å². The zero-order chi connectivity index (χ0) is 20.1. The van der Waals surface area contributed by atoms with Gasteiger partial charge < -0.3 is 20.1 Å². The Morgan fingerprint density at radius 3 is 2.62 bits per heavy atom. The van der Waals surface area contributed by atoms with Crippen LogP contribution in [-0.4, -0.2) is 21.6 Å². The standard InChI is InChI=1S/C23H21N3O3/c27-19(14-25-21-8-4-5-13-24-21)17-9-11-20(23-18(17)10-12-22(28)26-23)29-15-16-6-2-1-3-7-16/h1-13,19,27H,14-15H2,(H,24,25)(H,26,28)/t19-/m1/s1. The third-order valence-corrected chi connectivity index (χ3v) is 4.63. The number of fused-ring (bicyclic) bond motifs is 1. The van der Waals surface area contributed by atoms with Gasteiger partial charge in [0.25, 0.3) is 0 Å². The molecule has 6 nitrogen and oxygen atoms in total. The largest absolute Gasteiger partial charge is 0.487 e. The molecule has 2 aromatic carbocycles. The van der Waals surface area contributed by atoms with Crippen molar-refractivity contribution in [2.45, 2.75) is 12.7 Å². The molecule has 4 aromatic rings. The van der Waals surface area contributed by atoms with E-state index in [1.807, 2.05) is 54.6 Å². The van der Waals surface area contributed by atoms with Crippen LogP contribution in [0.1, 0.15) is 17.2 Å². The van der Waals surface area contributed by atoms with Crippen LogP contribution in [0.3, 0.4) is 0 Å². The van der Waals surface area contributed by atoms with Crippen molar-refractivity contribution in [1.29, 1.82) is 0 Å². The first-order valence-electron chi connectivity index (χ1n) is 9.36. The molecular formula is C23H21N3O3. The number of H-pyrrole nitrogens is 1. The third-order valence-electron chi connectivity index (χ3n) is 4.63. The predicted molar refractivity (Wildman–Crippen MR) is 113 cm³/mol. The van der Waals surface area contributed by atoms with Gasteiger partial charge in [-0.2, -0.15) is 0 Å². The highest BCUT2D eigenvalue weighted by Gasteiger charge is 2.15. The van der Waals surface area contributed by atoms with E-state index in [9.17, 15) is 9.90 Å². The van der Waals surface area contributed by atoms with E-state index < -0.39 is 6.10 Å². The lowest BCUT2D eigenvalue weighted by Crippen LogP contribution is -2.14. The Hall–Kier alpha value is -3.64. The maximum Gasteiger partial charge on any atom is 0.248 e. The van der Waals surface area contributed by atoms with Gasteiger partial charge in [-0.15, -0.1) is 0 Å². The minimum atomic E-state index is -0.784. The number of aromatic amines is 1. The van der Waals surface area contributed by atoms with Crippen molar-refractivity contribution in [3.05, 3.63) is 100 Å². The van der Waals surface area contributed by atoms with E-state index in [-0.39, 0.29) is 12.1 Å². The van der Waals surface area contributed by atoms with Crippen LogP contribution in [0, 0.1) is 0 Å². The highest BCUT2D eigenvalue weighted by molar-refractivity contribution is 5.87. The predicted octanol–water partition coefficient (Wildman–Crippen LogP) is 3.65. The molecule has 2 aromatic heterocycles. The van der Waals surface area contributed by atoms with Crippen molar-refractivity contribution in [1.82, 2.24) is 9.97 Å². The van der Waals surface area contributed by atoms with Crippen molar-refractivity contribution in [2.24, 2.45) is 0 Å². The van der Waals surface area contributed by atoms with E-state index in [1.54, 1.807) is 18.3 Å². The van der Waals surface area contributed by atoms with E-state index in [0.29, 0.717) is 29.3 Å². The molecule has 29 heavy (non-hydrogen) atoms. The summed E-state index contributed by atoms with van der Waals surface area (Å²) >= 11 is 0. The number of rotatable bonds is 7. The molecule has 0 fully saturated rings. The maximum atomic E-state index is 11.9. The molecule has 0 radical (unpaired) electrons. The summed E-state index contributed by atoms with van der Waals surface area (Å²) in [6.45, 7) is 0.672. The van der Waals surface area contributed by atoms with Crippen molar-refractivity contribution < 1.29 is 9.84 Å². The number of nitrogens with one attached hydrogen (secondary N) is 2. The molecule has 4 rings (SSSR count). The molecule has 0 unspecified atom stereocenters. The summed E-state index contributed by atoms with van der Waals surface area (Å²) in [5, 5.41) is 14.6. The van der Waals surface area contributed by atoms with E-state index >= 15 is 0 Å². The van der Waals surface area contributed by atoms with Crippen LogP contribution in [0.25, 0.3) is 10.9 Å². The van der Waals surface area contributed by atoms with Crippen LogP contribution in [0.4, 0.5) is 5.82 Å². The first kappa shape index (κ1) is 18.7. The van der Waals surface area contributed by atoms with Crippen molar-refractivity contribution >= 4 is 16.7 Å². The normalized spacial score (nSPS) is 11.9. The smallest absolute Gasteiger partial charge is 0.248 e. The zero-order valence-electron chi connectivity index (χ0n) is 15.7. The summed E-state index contributed by atoms with van der Waals surface area (Å²) in [7, 11) is 0. The Morgan fingerprint density at radius 2 is 1.83 bits per heavy atom. The molecule has 0 aliphatic heterocycles. The molecule has 0 aliphatic carbocycles. The zero-order valence-corrected chi connectivity index (χ0v) is 15.7. The number of aromatic nitrogens is 2. The van der Waals surface area contributed by atoms with Crippen molar-refractivity contribution in [3.63, 3.8) is 0 Å². The summed E-state index contributed by atoms with van der Waals surface area (Å²) in [4.78, 5) is 18.9. The second-order valence-corrected chi connectivity index (χ2v) is 6.65. The molecule has 0 bridgehead atoms. The Labute approximate surface area is 167 Å². The number of ether oxygens (including phenoxy) is 1.